The van der Waals surface area contributed by atoms with Crippen molar-refractivity contribution >= 4 is 15.8 Å². The predicted molar refractivity (Wildman–Crippen MR) is 149 cm³/mol. The lowest BCUT2D eigenvalue weighted by Gasteiger charge is -2.19. The first-order valence-corrected chi connectivity index (χ1v) is 14.5. The first-order chi connectivity index (χ1) is 18.9. The largest absolute Gasteiger partial charge is 0.355 e. The predicted octanol–water partition coefficient (Wildman–Crippen LogP) is 5.60. The van der Waals surface area contributed by atoms with Gasteiger partial charge < -0.3 is 4.98 Å². The average molecular weight is 546 g/mol. The fraction of sp³-hybridized carbons (Fsp3) is 0.226. The molecule has 0 saturated carbocycles. The second kappa shape index (κ2) is 13.1. The maximum atomic E-state index is 13.0. The van der Waals surface area contributed by atoms with Crippen LogP contribution >= 0.6 is 0 Å². The second-order valence-electron chi connectivity index (χ2n) is 9.23. The van der Waals surface area contributed by atoms with Gasteiger partial charge >= 0.3 is 5.97 Å². The number of aromatic amines is 1. The number of aromatic nitrogens is 1. The van der Waals surface area contributed by atoms with Crippen LogP contribution in [-0.2, 0) is 25.9 Å². The molecular weight excluding hydrogens is 514 g/mol. The van der Waals surface area contributed by atoms with E-state index in [1.165, 1.54) is 24.3 Å². The molecule has 0 saturated heterocycles. The van der Waals surface area contributed by atoms with E-state index in [0.29, 0.717) is 18.4 Å². The van der Waals surface area contributed by atoms with Crippen molar-refractivity contribution in [3.05, 3.63) is 130 Å². The van der Waals surface area contributed by atoms with Gasteiger partial charge in [0.25, 0.3) is 5.56 Å². The minimum absolute atomic E-state index is 0.0578. The molecule has 4 rings (SSSR count). The van der Waals surface area contributed by atoms with E-state index in [0.717, 1.165) is 16.7 Å². The zero-order chi connectivity index (χ0) is 27.7. The molecule has 1 aromatic heterocycles. The van der Waals surface area contributed by atoms with Crippen LogP contribution in [0.15, 0.2) is 107 Å². The van der Waals surface area contributed by atoms with E-state index >= 15 is 0 Å². The molecule has 0 spiro atoms. The number of hydrogen-bond donors (Lipinski definition) is 1. The molecule has 0 amide bonds. The Morgan fingerprint density at radius 3 is 2.18 bits per heavy atom. The fourth-order valence-corrected chi connectivity index (χ4v) is 5.74. The van der Waals surface area contributed by atoms with Gasteiger partial charge in [-0.1, -0.05) is 73.7 Å². The molecule has 0 radical (unpaired) electrons. The molecule has 0 bridgehead atoms. The normalized spacial score (nSPS) is 11.3. The summed E-state index contributed by atoms with van der Waals surface area (Å²) in [7, 11) is -3.66. The van der Waals surface area contributed by atoms with Crippen LogP contribution in [0.1, 0.15) is 54.4 Å². The van der Waals surface area contributed by atoms with Crippen molar-refractivity contribution < 1.29 is 23.0 Å². The number of hydrogen-bond acceptors (Lipinski definition) is 6. The van der Waals surface area contributed by atoms with Crippen LogP contribution in [0.5, 0.6) is 5.75 Å². The summed E-state index contributed by atoms with van der Waals surface area (Å²) in [5, 5.41) is 0. The van der Waals surface area contributed by atoms with E-state index in [2.05, 4.69) is 29.2 Å². The lowest BCUT2D eigenvalue weighted by Crippen LogP contribution is -2.16. The third-order valence-electron chi connectivity index (χ3n) is 6.31. The van der Waals surface area contributed by atoms with E-state index < -0.39 is 15.8 Å². The quantitative estimate of drug-likeness (QED) is 0.184. The van der Waals surface area contributed by atoms with Gasteiger partial charge in [-0.3, -0.25) is 14.6 Å². The van der Waals surface area contributed by atoms with Gasteiger partial charge in [-0.15, -0.1) is 0 Å². The van der Waals surface area contributed by atoms with Crippen LogP contribution in [-0.4, -0.2) is 25.1 Å². The molecule has 39 heavy (non-hydrogen) atoms. The number of pyridine rings is 1. The summed E-state index contributed by atoms with van der Waals surface area (Å²) in [5.41, 5.74) is 3.39. The first-order valence-electron chi connectivity index (χ1n) is 12.9. The highest BCUT2D eigenvalue weighted by atomic mass is 32.2. The van der Waals surface area contributed by atoms with Crippen molar-refractivity contribution in [1.82, 2.24) is 4.98 Å². The summed E-state index contributed by atoms with van der Waals surface area (Å²) >= 11 is 0. The van der Waals surface area contributed by atoms with Gasteiger partial charge in [-0.25, -0.2) is 13.2 Å². The molecule has 202 valence electrons. The fourth-order valence-electron chi connectivity index (χ4n) is 4.40. The maximum Gasteiger partial charge on any atom is 0.355 e. The van der Waals surface area contributed by atoms with E-state index in [-0.39, 0.29) is 40.7 Å². The monoisotopic (exact) mass is 545 g/mol. The maximum absolute atomic E-state index is 13.0. The Morgan fingerprint density at radius 1 is 0.872 bits per heavy atom. The molecule has 4 aromatic rings. The second-order valence-corrected chi connectivity index (χ2v) is 11.3. The molecule has 0 unspecified atom stereocenters. The number of carbonyl (C=O) groups is 1. The number of aryl methyl sites for hydroxylation is 1. The summed E-state index contributed by atoms with van der Waals surface area (Å²) in [5.74, 6) is -0.644. The van der Waals surface area contributed by atoms with Crippen LogP contribution in [0.3, 0.4) is 0 Å². The van der Waals surface area contributed by atoms with Crippen molar-refractivity contribution in [2.45, 2.75) is 43.4 Å². The van der Waals surface area contributed by atoms with E-state index in [1.54, 1.807) is 6.20 Å². The minimum Gasteiger partial charge on any atom is -0.329 e. The Labute approximate surface area is 228 Å². The molecule has 0 atom stereocenters. The molecule has 0 aliphatic rings. The number of sulfone groups is 1. The summed E-state index contributed by atoms with van der Waals surface area (Å²) in [4.78, 5) is 36.8. The van der Waals surface area contributed by atoms with Crippen molar-refractivity contribution in [3.8, 4) is 5.75 Å². The molecule has 0 aliphatic heterocycles. The number of nitrogens with one attached hydrogen (secondary N) is 1. The Balaban J connectivity index is 1.48. The van der Waals surface area contributed by atoms with E-state index in [9.17, 15) is 18.0 Å². The molecule has 1 heterocycles. The third kappa shape index (κ3) is 7.45. The van der Waals surface area contributed by atoms with Crippen LogP contribution in [0, 0.1) is 0 Å². The molecule has 1 N–H and O–H groups in total. The molecular formula is C31H31NO6S. The summed E-state index contributed by atoms with van der Waals surface area (Å²) in [6, 6.07) is 27.8. The van der Waals surface area contributed by atoms with Gasteiger partial charge in [0.15, 0.2) is 15.6 Å². The Kier molecular flexibility index (Phi) is 9.33. The first kappa shape index (κ1) is 27.9. The SMILES string of the molecule is CCCC(=O)OOc1cccc(S(=O)(=O)CCCc2cc(C(c3ccccc3)c3ccccc3)c[nH]c2=O)c1. The van der Waals surface area contributed by atoms with Gasteiger partial charge in [0.05, 0.1) is 10.6 Å². The highest BCUT2D eigenvalue weighted by Crippen LogP contribution is 2.31. The van der Waals surface area contributed by atoms with Crippen LogP contribution < -0.4 is 10.4 Å². The lowest BCUT2D eigenvalue weighted by atomic mass is 9.85. The third-order valence-corrected chi connectivity index (χ3v) is 8.11. The Morgan fingerprint density at radius 2 is 1.54 bits per heavy atom. The minimum atomic E-state index is -3.66. The van der Waals surface area contributed by atoms with Crippen LogP contribution in [0.4, 0.5) is 0 Å². The highest BCUT2D eigenvalue weighted by molar-refractivity contribution is 7.91. The molecule has 8 heteroatoms. The highest BCUT2D eigenvalue weighted by Gasteiger charge is 2.19. The number of rotatable bonds is 12. The average Bonchev–Trinajstić information content (AvgIpc) is 2.95. The smallest absolute Gasteiger partial charge is 0.329 e. The Bertz CT molecular complexity index is 1510. The van der Waals surface area contributed by atoms with Gasteiger partial charge in [-0.2, -0.15) is 0 Å². The number of benzene rings is 3. The van der Waals surface area contributed by atoms with Crippen molar-refractivity contribution in [2.24, 2.45) is 0 Å². The topological polar surface area (TPSA) is 103 Å². The van der Waals surface area contributed by atoms with Crippen molar-refractivity contribution in [2.75, 3.05) is 5.75 Å². The summed E-state index contributed by atoms with van der Waals surface area (Å²) < 4.78 is 26.0. The summed E-state index contributed by atoms with van der Waals surface area (Å²) in [6.07, 6.45) is 3.10. The zero-order valence-electron chi connectivity index (χ0n) is 21.7. The standard InChI is InChI=1S/C31H31NO6S/c1-2-11-29(33)38-37-27-17-9-18-28(21-27)39(35,36)19-10-16-25-20-26(22-32-31(25)34)30(23-12-5-3-6-13-23)24-14-7-4-8-15-24/h3-9,12-15,17-18,20-22,30H,2,10-11,16,19H2,1H3,(H,32,34). The van der Waals surface area contributed by atoms with Gasteiger partial charge in [0.2, 0.25) is 0 Å². The van der Waals surface area contributed by atoms with E-state index in [4.69, 9.17) is 9.78 Å². The molecule has 3 aromatic carbocycles. The molecule has 0 aliphatic carbocycles. The van der Waals surface area contributed by atoms with Crippen LogP contribution in [0.25, 0.3) is 0 Å². The van der Waals surface area contributed by atoms with E-state index in [1.807, 2.05) is 49.4 Å². The lowest BCUT2D eigenvalue weighted by molar-refractivity contribution is -0.213. The number of H-pyrrole nitrogens is 1. The van der Waals surface area contributed by atoms with Gasteiger partial charge in [0.1, 0.15) is 0 Å². The molecule has 0 fully saturated rings. The van der Waals surface area contributed by atoms with Gasteiger partial charge in [0, 0.05) is 30.2 Å². The van der Waals surface area contributed by atoms with Crippen LogP contribution in [0.2, 0.25) is 0 Å². The summed E-state index contributed by atoms with van der Waals surface area (Å²) in [6.45, 7) is 1.84. The van der Waals surface area contributed by atoms with Crippen molar-refractivity contribution in [1.29, 1.82) is 0 Å². The van der Waals surface area contributed by atoms with Gasteiger partial charge in [-0.05, 0) is 54.2 Å². The number of carbonyl (C=O) groups excluding carboxylic acids is 1. The van der Waals surface area contributed by atoms with Crippen molar-refractivity contribution in [3.63, 3.8) is 0 Å². The zero-order valence-corrected chi connectivity index (χ0v) is 22.5. The molecule has 7 nitrogen and oxygen atoms in total. The Hall–Kier alpha value is -4.17.